The minimum Gasteiger partial charge on any atom is -0.503 e. The molecule has 2 aliphatic rings. The molecule has 6 heteroatoms. The monoisotopic (exact) mass is 388 g/mol. The van der Waals surface area contributed by atoms with Crippen LogP contribution in [0.3, 0.4) is 0 Å². The Morgan fingerprint density at radius 3 is 2.75 bits per heavy atom. The van der Waals surface area contributed by atoms with Gasteiger partial charge in [0.2, 0.25) is 0 Å². The highest BCUT2D eigenvalue weighted by atomic mass is 79.9. The van der Waals surface area contributed by atoms with Crippen LogP contribution in [0.5, 0.6) is 11.5 Å². The van der Waals surface area contributed by atoms with Crippen molar-refractivity contribution in [3.63, 3.8) is 0 Å². The lowest BCUT2D eigenvalue weighted by molar-refractivity contribution is 0.0666. The van der Waals surface area contributed by atoms with Gasteiger partial charge in [0.25, 0.3) is 5.91 Å². The number of fused-ring (bicyclic) bond motifs is 1. The van der Waals surface area contributed by atoms with Crippen molar-refractivity contribution in [1.29, 1.82) is 0 Å². The molecule has 1 aliphatic carbocycles. The van der Waals surface area contributed by atoms with Crippen LogP contribution >= 0.6 is 15.9 Å². The maximum atomic E-state index is 13.0. The van der Waals surface area contributed by atoms with Crippen molar-refractivity contribution in [2.75, 3.05) is 12.4 Å². The van der Waals surface area contributed by atoms with Crippen LogP contribution in [0.1, 0.15) is 34.9 Å². The third-order valence-electron chi connectivity index (χ3n) is 4.49. The molecular formula is C18H17BrN2O3. The summed E-state index contributed by atoms with van der Waals surface area (Å²) in [6.07, 6.45) is 1.75. The molecule has 2 aromatic carbocycles. The number of ether oxygens (including phenoxy) is 1. The zero-order valence-corrected chi connectivity index (χ0v) is 14.7. The topological polar surface area (TPSA) is 61.8 Å². The van der Waals surface area contributed by atoms with Gasteiger partial charge in [-0.05, 0) is 58.6 Å². The molecule has 1 amide bonds. The number of aromatic hydroxyl groups is 1. The molecule has 1 heterocycles. The second kappa shape index (κ2) is 5.70. The van der Waals surface area contributed by atoms with Crippen LogP contribution in [0.4, 0.5) is 5.69 Å². The Labute approximate surface area is 148 Å². The fraction of sp³-hybridized carbons (Fsp3) is 0.278. The first-order valence-electron chi connectivity index (χ1n) is 7.84. The number of phenolic OH excluding ortho intramolecular Hbond substituents is 1. The first-order valence-corrected chi connectivity index (χ1v) is 8.64. The maximum absolute atomic E-state index is 13.0. The summed E-state index contributed by atoms with van der Waals surface area (Å²) in [4.78, 5) is 14.9. The Bertz CT molecular complexity index is 820. The zero-order valence-electron chi connectivity index (χ0n) is 13.1. The number of nitrogens with one attached hydrogen (secondary N) is 1. The first kappa shape index (κ1) is 15.3. The number of halogens is 1. The van der Waals surface area contributed by atoms with Gasteiger partial charge in [-0.2, -0.15) is 0 Å². The Kier molecular flexibility index (Phi) is 3.64. The standard InChI is InChI=1S/C18H17BrN2O3/c1-24-15-9-10(8-13(19)16(15)22)17-20-14-5-3-2-4-12(14)18(23)21(17)11-6-7-11/h2-5,8-9,11,17,20,22H,6-7H2,1H3/t17-/m0/s1. The maximum Gasteiger partial charge on any atom is 0.258 e. The number of amides is 1. The van der Waals surface area contributed by atoms with E-state index in [9.17, 15) is 9.90 Å². The molecule has 1 aliphatic heterocycles. The predicted molar refractivity (Wildman–Crippen MR) is 94.4 cm³/mol. The second-order valence-corrected chi connectivity index (χ2v) is 6.94. The number of para-hydroxylation sites is 1. The summed E-state index contributed by atoms with van der Waals surface area (Å²) in [5, 5.41) is 13.5. The van der Waals surface area contributed by atoms with Gasteiger partial charge < -0.3 is 20.1 Å². The third kappa shape index (κ3) is 2.41. The van der Waals surface area contributed by atoms with Crippen LogP contribution < -0.4 is 10.1 Å². The first-order chi connectivity index (χ1) is 11.6. The Hall–Kier alpha value is -2.21. The minimum atomic E-state index is -0.286. The number of rotatable bonds is 3. The van der Waals surface area contributed by atoms with E-state index in [1.807, 2.05) is 35.2 Å². The Morgan fingerprint density at radius 2 is 2.04 bits per heavy atom. The number of hydrogen-bond acceptors (Lipinski definition) is 4. The largest absolute Gasteiger partial charge is 0.503 e. The Balaban J connectivity index is 1.82. The number of carbonyl (C=O) groups excluding carboxylic acids is 1. The summed E-state index contributed by atoms with van der Waals surface area (Å²) in [5.74, 6) is 0.477. The molecule has 0 aromatic heterocycles. The van der Waals surface area contributed by atoms with Crippen LogP contribution in [0.15, 0.2) is 40.9 Å². The lowest BCUT2D eigenvalue weighted by atomic mass is 10.0. The highest BCUT2D eigenvalue weighted by Crippen LogP contribution is 2.44. The van der Waals surface area contributed by atoms with Gasteiger partial charge in [0.15, 0.2) is 11.5 Å². The average molecular weight is 389 g/mol. The number of phenols is 1. The van der Waals surface area contributed by atoms with Gasteiger partial charge in [-0.1, -0.05) is 12.1 Å². The molecule has 0 bridgehead atoms. The van der Waals surface area contributed by atoms with E-state index in [0.717, 1.165) is 24.1 Å². The van der Waals surface area contributed by atoms with Gasteiger partial charge in [-0.3, -0.25) is 4.79 Å². The fourth-order valence-corrected chi connectivity index (χ4v) is 3.61. The molecule has 1 atom stereocenters. The van der Waals surface area contributed by atoms with Crippen LogP contribution in [0, 0.1) is 0 Å². The van der Waals surface area contributed by atoms with Crippen molar-refractivity contribution >= 4 is 27.5 Å². The molecule has 0 radical (unpaired) electrons. The SMILES string of the molecule is COc1cc([C@H]2Nc3ccccc3C(=O)N2C2CC2)cc(Br)c1O. The highest BCUT2D eigenvalue weighted by molar-refractivity contribution is 9.10. The van der Waals surface area contributed by atoms with Gasteiger partial charge in [0.1, 0.15) is 6.17 Å². The van der Waals surface area contributed by atoms with Crippen molar-refractivity contribution in [2.45, 2.75) is 25.0 Å². The molecule has 2 N–H and O–H groups in total. The fourth-order valence-electron chi connectivity index (χ4n) is 3.15. The van der Waals surface area contributed by atoms with Crippen LogP contribution in [-0.2, 0) is 0 Å². The molecule has 1 fully saturated rings. The lowest BCUT2D eigenvalue weighted by Gasteiger charge is -2.38. The predicted octanol–water partition coefficient (Wildman–Crippen LogP) is 3.89. The molecular weight excluding hydrogens is 372 g/mol. The quantitative estimate of drug-likeness (QED) is 0.836. The summed E-state index contributed by atoms with van der Waals surface area (Å²) in [6, 6.07) is 11.4. The number of benzene rings is 2. The molecule has 0 unspecified atom stereocenters. The molecule has 24 heavy (non-hydrogen) atoms. The lowest BCUT2D eigenvalue weighted by Crippen LogP contribution is -2.44. The van der Waals surface area contributed by atoms with Gasteiger partial charge in [-0.15, -0.1) is 0 Å². The molecule has 5 nitrogen and oxygen atoms in total. The summed E-state index contributed by atoms with van der Waals surface area (Å²) in [5.41, 5.74) is 2.39. The number of carbonyl (C=O) groups is 1. The van der Waals surface area contributed by atoms with Crippen molar-refractivity contribution in [3.05, 3.63) is 52.0 Å². The van der Waals surface area contributed by atoms with Crippen molar-refractivity contribution in [3.8, 4) is 11.5 Å². The van der Waals surface area contributed by atoms with Crippen LogP contribution in [-0.4, -0.2) is 29.1 Å². The summed E-state index contributed by atoms with van der Waals surface area (Å²) in [6.45, 7) is 0. The van der Waals surface area contributed by atoms with E-state index in [4.69, 9.17) is 4.74 Å². The van der Waals surface area contributed by atoms with Gasteiger partial charge >= 0.3 is 0 Å². The van der Waals surface area contributed by atoms with Gasteiger partial charge in [0, 0.05) is 11.7 Å². The molecule has 0 saturated heterocycles. The molecule has 0 spiro atoms. The molecule has 2 aromatic rings. The second-order valence-electron chi connectivity index (χ2n) is 6.09. The summed E-state index contributed by atoms with van der Waals surface area (Å²) < 4.78 is 5.80. The summed E-state index contributed by atoms with van der Waals surface area (Å²) >= 11 is 3.36. The van der Waals surface area contributed by atoms with E-state index in [2.05, 4.69) is 21.2 Å². The van der Waals surface area contributed by atoms with Crippen molar-refractivity contribution < 1.29 is 14.6 Å². The van der Waals surface area contributed by atoms with E-state index in [1.165, 1.54) is 7.11 Å². The van der Waals surface area contributed by atoms with Crippen molar-refractivity contribution in [1.82, 2.24) is 4.90 Å². The van der Waals surface area contributed by atoms with E-state index < -0.39 is 0 Å². The number of nitrogens with zero attached hydrogens (tertiary/aromatic N) is 1. The number of anilines is 1. The smallest absolute Gasteiger partial charge is 0.258 e. The van der Waals surface area contributed by atoms with E-state index in [-0.39, 0.29) is 23.9 Å². The summed E-state index contributed by atoms with van der Waals surface area (Å²) in [7, 11) is 1.51. The minimum absolute atomic E-state index is 0.0417. The zero-order chi connectivity index (χ0) is 16.8. The van der Waals surface area contributed by atoms with Crippen LogP contribution in [0.2, 0.25) is 0 Å². The average Bonchev–Trinajstić information content (AvgIpc) is 3.42. The number of hydrogen-bond donors (Lipinski definition) is 2. The molecule has 124 valence electrons. The van der Waals surface area contributed by atoms with Crippen LogP contribution in [0.25, 0.3) is 0 Å². The number of methoxy groups -OCH3 is 1. The highest BCUT2D eigenvalue weighted by Gasteiger charge is 2.42. The van der Waals surface area contributed by atoms with E-state index >= 15 is 0 Å². The molecule has 4 rings (SSSR count). The van der Waals surface area contributed by atoms with E-state index in [0.29, 0.717) is 15.8 Å². The normalized spacial score (nSPS) is 19.7. The van der Waals surface area contributed by atoms with Gasteiger partial charge in [0.05, 0.1) is 17.1 Å². The van der Waals surface area contributed by atoms with Crippen molar-refractivity contribution in [2.24, 2.45) is 0 Å². The molecule has 1 saturated carbocycles. The third-order valence-corrected chi connectivity index (χ3v) is 5.09. The Morgan fingerprint density at radius 1 is 1.29 bits per heavy atom. The van der Waals surface area contributed by atoms with E-state index in [1.54, 1.807) is 6.07 Å². The van der Waals surface area contributed by atoms with Gasteiger partial charge in [-0.25, -0.2) is 0 Å².